The molecule has 2 heterocycles. The van der Waals surface area contributed by atoms with Crippen LogP contribution in [-0.2, 0) is 17.1 Å². The molecule has 31 heavy (non-hydrogen) atoms. The second-order valence-electron chi connectivity index (χ2n) is 6.79. The first kappa shape index (κ1) is 20.4. The number of thioether (sulfide) groups is 1. The molecule has 0 saturated heterocycles. The highest BCUT2D eigenvalue weighted by atomic mass is 32.2. The fourth-order valence-corrected chi connectivity index (χ4v) is 4.09. The van der Waals surface area contributed by atoms with Crippen molar-refractivity contribution in [1.29, 1.82) is 5.26 Å². The van der Waals surface area contributed by atoms with Crippen molar-refractivity contribution in [1.82, 2.24) is 14.8 Å². The van der Waals surface area contributed by atoms with Gasteiger partial charge in [0.15, 0.2) is 16.7 Å². The van der Waals surface area contributed by atoms with E-state index >= 15 is 0 Å². The van der Waals surface area contributed by atoms with Crippen molar-refractivity contribution >= 4 is 17.7 Å². The third-order valence-corrected chi connectivity index (χ3v) is 5.76. The van der Waals surface area contributed by atoms with Crippen LogP contribution in [0.5, 0.6) is 0 Å². The summed E-state index contributed by atoms with van der Waals surface area (Å²) >= 11 is 1.52. The molecule has 4 rings (SSSR count). The number of nitrogens with two attached hydrogens (primary N) is 1. The second kappa shape index (κ2) is 9.32. The van der Waals surface area contributed by atoms with Gasteiger partial charge < -0.3 is 10.2 Å². The normalized spacial score (nSPS) is 10.7. The Morgan fingerprint density at radius 2 is 1.90 bits per heavy atom. The summed E-state index contributed by atoms with van der Waals surface area (Å²) in [5.74, 6) is 1.44. The summed E-state index contributed by atoms with van der Waals surface area (Å²) in [7, 11) is 0. The molecule has 0 fully saturated rings. The third-order valence-electron chi connectivity index (χ3n) is 4.72. The predicted octanol–water partition coefficient (Wildman–Crippen LogP) is 4.24. The van der Waals surface area contributed by atoms with Crippen LogP contribution in [-0.4, -0.2) is 20.7 Å². The number of amides is 1. The summed E-state index contributed by atoms with van der Waals surface area (Å²) in [6, 6.07) is 21.5. The molecule has 2 N–H and O–H groups in total. The van der Waals surface area contributed by atoms with Crippen molar-refractivity contribution < 1.29 is 9.21 Å². The Kier molecular flexibility index (Phi) is 6.15. The Bertz CT molecular complexity index is 1220. The Hall–Kier alpha value is -3.83. The van der Waals surface area contributed by atoms with E-state index in [9.17, 15) is 10.1 Å². The van der Waals surface area contributed by atoms with E-state index in [0.717, 1.165) is 16.7 Å². The van der Waals surface area contributed by atoms with Crippen molar-refractivity contribution in [3.63, 3.8) is 0 Å². The molecule has 2 aromatic carbocycles. The summed E-state index contributed by atoms with van der Waals surface area (Å²) < 4.78 is 7.30. The molecule has 0 unspecified atom stereocenters. The molecule has 0 aliphatic heterocycles. The Morgan fingerprint density at radius 3 is 2.61 bits per heavy atom. The van der Waals surface area contributed by atoms with Gasteiger partial charge in [-0.15, -0.1) is 10.2 Å². The molecule has 0 bridgehead atoms. The van der Waals surface area contributed by atoms with Gasteiger partial charge in [0.1, 0.15) is 0 Å². The molecule has 0 atom stereocenters. The molecular formula is C23H19N5O2S. The fraction of sp³-hybridized carbons (Fsp3) is 0.130. The van der Waals surface area contributed by atoms with Crippen LogP contribution in [0, 0.1) is 11.3 Å². The number of nitriles is 1. The van der Waals surface area contributed by atoms with Crippen molar-refractivity contribution in [2.45, 2.75) is 23.9 Å². The highest BCUT2D eigenvalue weighted by molar-refractivity contribution is 7.98. The maximum Gasteiger partial charge on any atom is 0.219 e. The number of hydrogen-bond donors (Lipinski definition) is 1. The van der Waals surface area contributed by atoms with E-state index in [0.29, 0.717) is 34.6 Å². The number of aromatic nitrogens is 3. The number of nitrogens with zero attached hydrogens (tertiary/aromatic N) is 4. The van der Waals surface area contributed by atoms with Crippen LogP contribution in [0.4, 0.5) is 0 Å². The molecule has 154 valence electrons. The maximum atomic E-state index is 11.3. The SMILES string of the molecule is N#Cc1ccccc1-c1ccc(CSc2nnc(-c3ccco3)n2CCC(N)=O)cc1. The van der Waals surface area contributed by atoms with E-state index in [1.807, 2.05) is 53.1 Å². The minimum Gasteiger partial charge on any atom is -0.461 e. The summed E-state index contributed by atoms with van der Waals surface area (Å²) in [5.41, 5.74) is 9.00. The van der Waals surface area contributed by atoms with E-state index in [-0.39, 0.29) is 12.3 Å². The van der Waals surface area contributed by atoms with Gasteiger partial charge in [-0.3, -0.25) is 9.36 Å². The molecule has 2 aromatic heterocycles. The van der Waals surface area contributed by atoms with Crippen LogP contribution in [0.2, 0.25) is 0 Å². The van der Waals surface area contributed by atoms with Crippen molar-refractivity contribution in [3.05, 3.63) is 78.1 Å². The van der Waals surface area contributed by atoms with Gasteiger partial charge in [0.2, 0.25) is 5.91 Å². The van der Waals surface area contributed by atoms with E-state index in [2.05, 4.69) is 16.3 Å². The number of hydrogen-bond acceptors (Lipinski definition) is 6. The van der Waals surface area contributed by atoms with Crippen LogP contribution in [0.25, 0.3) is 22.7 Å². The van der Waals surface area contributed by atoms with Gasteiger partial charge in [-0.05, 0) is 34.9 Å². The minimum absolute atomic E-state index is 0.187. The third kappa shape index (κ3) is 4.68. The number of primary amides is 1. The van der Waals surface area contributed by atoms with Crippen LogP contribution in [0.3, 0.4) is 0 Å². The number of carbonyl (C=O) groups excluding carboxylic acids is 1. The zero-order valence-electron chi connectivity index (χ0n) is 16.6. The molecule has 0 saturated carbocycles. The largest absolute Gasteiger partial charge is 0.461 e. The van der Waals surface area contributed by atoms with E-state index in [1.54, 1.807) is 18.4 Å². The lowest BCUT2D eigenvalue weighted by atomic mass is 10.00. The zero-order chi connectivity index (χ0) is 21.6. The lowest BCUT2D eigenvalue weighted by molar-refractivity contribution is -0.118. The Morgan fingerprint density at radius 1 is 1.10 bits per heavy atom. The first-order valence-corrected chi connectivity index (χ1v) is 10.6. The monoisotopic (exact) mass is 429 g/mol. The van der Waals surface area contributed by atoms with Crippen molar-refractivity contribution in [3.8, 4) is 28.8 Å². The van der Waals surface area contributed by atoms with Crippen molar-refractivity contribution in [2.75, 3.05) is 0 Å². The number of carbonyl (C=O) groups is 1. The quantitative estimate of drug-likeness (QED) is 0.419. The number of benzene rings is 2. The van der Waals surface area contributed by atoms with Gasteiger partial charge in [-0.25, -0.2) is 0 Å². The van der Waals surface area contributed by atoms with Gasteiger partial charge in [-0.2, -0.15) is 5.26 Å². The molecule has 0 aliphatic rings. The topological polar surface area (TPSA) is 111 Å². The summed E-state index contributed by atoms with van der Waals surface area (Å²) in [4.78, 5) is 11.3. The molecule has 8 heteroatoms. The van der Waals surface area contributed by atoms with Gasteiger partial charge in [0, 0.05) is 18.7 Å². The van der Waals surface area contributed by atoms with Gasteiger partial charge in [0.05, 0.1) is 17.9 Å². The van der Waals surface area contributed by atoms with Gasteiger partial charge >= 0.3 is 0 Å². The average Bonchev–Trinajstić information content (AvgIpc) is 3.46. The lowest BCUT2D eigenvalue weighted by Crippen LogP contribution is -2.15. The summed E-state index contributed by atoms with van der Waals surface area (Å²) in [6.07, 6.45) is 1.76. The summed E-state index contributed by atoms with van der Waals surface area (Å²) in [6.45, 7) is 0.380. The first-order chi connectivity index (χ1) is 15.2. The van der Waals surface area contributed by atoms with Crippen LogP contribution < -0.4 is 5.73 Å². The zero-order valence-corrected chi connectivity index (χ0v) is 17.4. The maximum absolute atomic E-state index is 11.3. The molecule has 7 nitrogen and oxygen atoms in total. The van der Waals surface area contributed by atoms with E-state index < -0.39 is 0 Å². The smallest absolute Gasteiger partial charge is 0.219 e. The number of rotatable bonds is 8. The fourth-order valence-electron chi connectivity index (χ4n) is 3.17. The lowest BCUT2D eigenvalue weighted by Gasteiger charge is -2.09. The molecule has 0 aliphatic carbocycles. The molecule has 4 aromatic rings. The van der Waals surface area contributed by atoms with E-state index in [1.165, 1.54) is 11.8 Å². The van der Waals surface area contributed by atoms with Gasteiger partial charge in [-0.1, -0.05) is 54.2 Å². The molecule has 1 amide bonds. The van der Waals surface area contributed by atoms with Gasteiger partial charge in [0.25, 0.3) is 0 Å². The highest BCUT2D eigenvalue weighted by Gasteiger charge is 2.17. The highest BCUT2D eigenvalue weighted by Crippen LogP contribution is 2.28. The Balaban J connectivity index is 1.51. The first-order valence-electron chi connectivity index (χ1n) is 9.62. The van der Waals surface area contributed by atoms with Crippen LogP contribution >= 0.6 is 11.8 Å². The molecular weight excluding hydrogens is 410 g/mol. The Labute approximate surface area is 183 Å². The van der Waals surface area contributed by atoms with E-state index in [4.69, 9.17) is 10.2 Å². The predicted molar refractivity (Wildman–Crippen MR) is 118 cm³/mol. The molecule has 0 spiro atoms. The molecule has 0 radical (unpaired) electrons. The van der Waals surface area contributed by atoms with Crippen LogP contribution in [0.15, 0.2) is 76.5 Å². The van der Waals surface area contributed by atoms with Crippen LogP contribution in [0.1, 0.15) is 17.5 Å². The average molecular weight is 430 g/mol. The summed E-state index contributed by atoms with van der Waals surface area (Å²) in [5, 5.41) is 18.5. The standard InChI is InChI=1S/C23H19N5O2S/c24-14-18-4-1-2-5-19(18)17-9-7-16(8-10-17)15-31-23-27-26-22(20-6-3-13-30-20)28(23)12-11-21(25)29/h1-10,13H,11-12,15H2,(H2,25,29). The minimum atomic E-state index is -0.386. The van der Waals surface area contributed by atoms with Crippen molar-refractivity contribution in [2.24, 2.45) is 5.73 Å². The number of furan rings is 1. The second-order valence-corrected chi connectivity index (χ2v) is 7.74.